The molecule has 0 unspecified atom stereocenters. The second-order valence-electron chi connectivity index (χ2n) is 13.4. The molecule has 12 nitrogen and oxygen atoms in total. The number of carbonyl (C=O) groups is 5. The maximum Gasteiger partial charge on any atom is 0.408 e. The second kappa shape index (κ2) is 18.8. The smallest absolute Gasteiger partial charge is 0.408 e. The van der Waals surface area contributed by atoms with Crippen molar-refractivity contribution in [1.82, 2.24) is 16.0 Å². The largest absolute Gasteiger partial charge is 0.444 e. The first-order valence-corrected chi connectivity index (χ1v) is 16.0. The van der Waals surface area contributed by atoms with Gasteiger partial charge in [0.1, 0.15) is 23.3 Å². The predicted molar refractivity (Wildman–Crippen MR) is 166 cm³/mol. The van der Waals surface area contributed by atoms with Crippen LogP contribution in [0.2, 0.25) is 0 Å². The third-order valence-electron chi connectivity index (χ3n) is 6.59. The molecule has 0 fully saturated rings. The van der Waals surface area contributed by atoms with E-state index in [2.05, 4.69) is 20.1 Å². The molecule has 2 aromatic carbocycles. The number of unbranched alkanes of at least 4 members (excludes halogenated alkanes) is 1. The van der Waals surface area contributed by atoms with E-state index >= 15 is 0 Å². The van der Waals surface area contributed by atoms with Crippen molar-refractivity contribution < 1.29 is 86.8 Å². The van der Waals surface area contributed by atoms with Crippen molar-refractivity contribution >= 4 is 30.0 Å². The van der Waals surface area contributed by atoms with Crippen LogP contribution in [0, 0.1) is 58.2 Å². The van der Waals surface area contributed by atoms with Crippen molar-refractivity contribution in [1.29, 1.82) is 0 Å². The van der Waals surface area contributed by atoms with Crippen LogP contribution in [0.4, 0.5) is 53.5 Å². The Balaban J connectivity index is 2.39. The van der Waals surface area contributed by atoms with Crippen LogP contribution >= 0.6 is 0 Å². The summed E-state index contributed by atoms with van der Waals surface area (Å²) in [7, 11) is 0. The van der Waals surface area contributed by atoms with E-state index in [1.54, 1.807) is 20.8 Å². The highest BCUT2D eigenvalue weighted by Gasteiger charge is 2.35. The number of amides is 3. The van der Waals surface area contributed by atoms with E-state index in [1.807, 2.05) is 5.32 Å². The average Bonchev–Trinajstić information content (AvgIpc) is 3.07. The summed E-state index contributed by atoms with van der Waals surface area (Å²) in [5, 5.41) is 6.56. The van der Waals surface area contributed by atoms with Crippen molar-refractivity contribution in [3.63, 3.8) is 0 Å². The Morgan fingerprint density at radius 1 is 0.527 bits per heavy atom. The van der Waals surface area contributed by atoms with Crippen LogP contribution in [0.25, 0.3) is 0 Å². The number of alkyl carbamates (subject to hydrolysis) is 2. The van der Waals surface area contributed by atoms with Gasteiger partial charge >= 0.3 is 24.1 Å². The molecule has 2 rings (SSSR count). The van der Waals surface area contributed by atoms with Crippen molar-refractivity contribution in [2.24, 2.45) is 0 Å². The van der Waals surface area contributed by atoms with Crippen molar-refractivity contribution in [3.8, 4) is 11.5 Å². The minimum absolute atomic E-state index is 0.00227. The first-order valence-electron chi connectivity index (χ1n) is 16.0. The summed E-state index contributed by atoms with van der Waals surface area (Å²) in [6.07, 6.45) is -4.49. The van der Waals surface area contributed by atoms with Gasteiger partial charge in [0.05, 0.1) is 0 Å². The van der Waals surface area contributed by atoms with Crippen LogP contribution in [0.3, 0.4) is 0 Å². The number of nitrogens with one attached hydrogen (secondary N) is 3. The summed E-state index contributed by atoms with van der Waals surface area (Å²) in [6, 6.07) is -4.00. The maximum atomic E-state index is 14.3. The topological polar surface area (TPSA) is 158 Å². The lowest BCUT2D eigenvalue weighted by Gasteiger charge is -2.25. The van der Waals surface area contributed by atoms with Crippen LogP contribution < -0.4 is 25.4 Å². The number of ether oxygens (including phenoxy) is 4. The predicted octanol–water partition coefficient (Wildman–Crippen LogP) is 6.44. The summed E-state index contributed by atoms with van der Waals surface area (Å²) in [5.41, 5.74) is -1.93. The van der Waals surface area contributed by atoms with E-state index in [4.69, 9.17) is 9.47 Å². The molecule has 0 aromatic heterocycles. The van der Waals surface area contributed by atoms with Gasteiger partial charge in [-0.15, -0.1) is 0 Å². The Bertz CT molecular complexity index is 1740. The molecule has 0 spiro atoms. The van der Waals surface area contributed by atoms with E-state index < -0.39 is 136 Å². The number of rotatable bonds is 14. The lowest BCUT2D eigenvalue weighted by Crippen LogP contribution is -2.53. The Morgan fingerprint density at radius 2 is 0.945 bits per heavy atom. The minimum atomic E-state index is -2.63. The number of hydrogen-bond donors (Lipinski definition) is 3. The van der Waals surface area contributed by atoms with Gasteiger partial charge in [0.25, 0.3) is 0 Å². The molecule has 2 aromatic rings. The molecule has 0 aliphatic carbocycles. The highest BCUT2D eigenvalue weighted by Crippen LogP contribution is 2.31. The zero-order chi connectivity index (χ0) is 42.2. The highest BCUT2D eigenvalue weighted by molar-refractivity contribution is 5.90. The third-order valence-corrected chi connectivity index (χ3v) is 6.59. The molecule has 0 saturated carbocycles. The van der Waals surface area contributed by atoms with E-state index in [1.165, 1.54) is 20.8 Å². The van der Waals surface area contributed by atoms with Crippen LogP contribution in [0.15, 0.2) is 0 Å². The van der Waals surface area contributed by atoms with Crippen LogP contribution in [0.5, 0.6) is 11.5 Å². The molecule has 2 atom stereocenters. The van der Waals surface area contributed by atoms with Crippen molar-refractivity contribution in [2.75, 3.05) is 6.54 Å². The van der Waals surface area contributed by atoms with Gasteiger partial charge in [-0.25, -0.2) is 40.7 Å². The first kappa shape index (κ1) is 45.8. The molecule has 3 N–H and O–H groups in total. The molecule has 0 aliphatic rings. The van der Waals surface area contributed by atoms with Crippen molar-refractivity contribution in [3.05, 3.63) is 58.2 Å². The van der Waals surface area contributed by atoms with Gasteiger partial charge in [-0.2, -0.15) is 17.6 Å². The quantitative estimate of drug-likeness (QED) is 0.0488. The van der Waals surface area contributed by atoms with E-state index in [0.717, 1.165) is 0 Å². The van der Waals surface area contributed by atoms with Gasteiger partial charge in [0, 0.05) is 13.0 Å². The monoisotopic (exact) mass is 807 g/mol. The zero-order valence-corrected chi connectivity index (χ0v) is 29.9. The van der Waals surface area contributed by atoms with E-state index in [9.17, 15) is 67.9 Å². The molecule has 55 heavy (non-hydrogen) atoms. The molecule has 3 amide bonds. The Morgan fingerprint density at radius 3 is 1.40 bits per heavy atom. The van der Waals surface area contributed by atoms with Crippen LogP contribution in [-0.2, 0) is 23.9 Å². The van der Waals surface area contributed by atoms with E-state index in [-0.39, 0.29) is 25.8 Å². The Kier molecular flexibility index (Phi) is 15.7. The summed E-state index contributed by atoms with van der Waals surface area (Å²) < 4.78 is 157. The normalized spacial score (nSPS) is 12.7. The number of benzene rings is 2. The average molecular weight is 808 g/mol. The van der Waals surface area contributed by atoms with Crippen molar-refractivity contribution in [2.45, 2.75) is 96.9 Å². The van der Waals surface area contributed by atoms with Crippen LogP contribution in [0.1, 0.15) is 73.6 Å². The summed E-state index contributed by atoms with van der Waals surface area (Å²) in [4.78, 5) is 63.4. The summed E-state index contributed by atoms with van der Waals surface area (Å²) >= 11 is 0. The molecule has 0 heterocycles. The fraction of sp³-hybridized carbons (Fsp3) is 0.485. The van der Waals surface area contributed by atoms with Gasteiger partial charge in [0.15, 0.2) is 0 Å². The zero-order valence-electron chi connectivity index (χ0n) is 29.9. The molecule has 22 heteroatoms. The maximum absolute atomic E-state index is 14.3. The Hall–Kier alpha value is -5.31. The fourth-order valence-electron chi connectivity index (χ4n) is 4.17. The van der Waals surface area contributed by atoms with Gasteiger partial charge in [-0.05, 0) is 67.2 Å². The van der Waals surface area contributed by atoms with Gasteiger partial charge in [-0.3, -0.25) is 9.59 Å². The fourth-order valence-corrected chi connectivity index (χ4v) is 4.17. The second-order valence-corrected chi connectivity index (χ2v) is 13.4. The van der Waals surface area contributed by atoms with Crippen LogP contribution in [-0.4, -0.2) is 59.9 Å². The number of esters is 2. The van der Waals surface area contributed by atoms with Gasteiger partial charge in [0.2, 0.25) is 75.6 Å². The standard InChI is InChI=1S/C33H35F10N3O9/c1-32(2,3)54-30(50)44-12-8-7-9-13(46-31(51)55-33(4,5)6)28(48)45-14(29(49)53-27-24(42)20(38)17(35)21(39)25(27)43)10-11-15(47)52-26-22(40)18(36)16(34)19(37)23(26)41/h13-14H,7-12H2,1-6H3,(H,44,50)(H,45,48)(H,46,51)/t13-,14-/m0/s1. The Labute approximate surface area is 306 Å². The lowest BCUT2D eigenvalue weighted by atomic mass is 10.1. The molecule has 0 radical (unpaired) electrons. The highest BCUT2D eigenvalue weighted by atomic mass is 19.2. The number of carbonyl (C=O) groups excluding carboxylic acids is 5. The molecule has 306 valence electrons. The molecular formula is C33H35F10N3O9. The SMILES string of the molecule is CC(C)(C)OC(=O)NCCCC[C@H](NC(=O)OC(C)(C)C)C(=O)N[C@@H](CCC(=O)Oc1c(F)c(F)c(F)c(F)c1F)C(=O)Oc1c(F)c(F)c(F)c(F)c1F. The molecule has 0 aliphatic heterocycles. The lowest BCUT2D eigenvalue weighted by molar-refractivity contribution is -0.141. The van der Waals surface area contributed by atoms with Gasteiger partial charge in [-0.1, -0.05) is 0 Å². The molecular weight excluding hydrogens is 772 g/mol. The minimum Gasteiger partial charge on any atom is -0.444 e. The summed E-state index contributed by atoms with van der Waals surface area (Å²) in [6.45, 7) is 9.21. The third kappa shape index (κ3) is 13.2. The summed E-state index contributed by atoms with van der Waals surface area (Å²) in [5.74, 6) is -35.1. The number of hydrogen-bond acceptors (Lipinski definition) is 9. The molecule has 0 bridgehead atoms. The van der Waals surface area contributed by atoms with Gasteiger partial charge < -0.3 is 34.9 Å². The molecule has 0 saturated heterocycles. The number of halogens is 10. The first-order chi connectivity index (χ1) is 25.2. The van der Waals surface area contributed by atoms with E-state index in [0.29, 0.717) is 0 Å².